The van der Waals surface area contributed by atoms with Gasteiger partial charge in [0.25, 0.3) is 0 Å². The molecular weight excluding hydrogens is 571 g/mol. The molecule has 1 unspecified atom stereocenters. The average molecular weight is 600 g/mol. The summed E-state index contributed by atoms with van der Waals surface area (Å²) in [6.07, 6.45) is 16.3. The molecule has 0 fully saturated rings. The number of hydrogen-bond donors (Lipinski definition) is 0. The molecule has 45 heavy (non-hydrogen) atoms. The van der Waals surface area contributed by atoms with E-state index in [0.29, 0.717) is 23.4 Å². The Kier molecular flexibility index (Phi) is 6.13. The first-order chi connectivity index (χ1) is 22.2. The van der Waals surface area contributed by atoms with E-state index in [1.807, 2.05) is 12.1 Å². The van der Waals surface area contributed by atoms with Crippen LogP contribution in [0.5, 0.6) is 0 Å². The Morgan fingerprint density at radius 2 is 1.51 bits per heavy atom. The third-order valence-corrected chi connectivity index (χ3v) is 10.2. The predicted octanol–water partition coefficient (Wildman–Crippen LogP) is 11.2. The van der Waals surface area contributed by atoms with Crippen molar-refractivity contribution in [3.63, 3.8) is 0 Å². The van der Waals surface area contributed by atoms with Gasteiger partial charge in [-0.3, -0.25) is 0 Å². The van der Waals surface area contributed by atoms with Gasteiger partial charge < -0.3 is 4.42 Å². The van der Waals surface area contributed by atoms with E-state index in [0.717, 1.165) is 57.9 Å². The first-order valence-electron chi connectivity index (χ1n) is 15.6. The van der Waals surface area contributed by atoms with Gasteiger partial charge in [-0.15, -0.1) is 11.3 Å². The summed E-state index contributed by atoms with van der Waals surface area (Å²) in [6.45, 7) is 2.29. The summed E-state index contributed by atoms with van der Waals surface area (Å²) in [4.78, 5) is 15.5. The summed E-state index contributed by atoms with van der Waals surface area (Å²) in [5.74, 6) is 2.49. The number of furan rings is 1. The third-order valence-electron chi connectivity index (χ3n) is 9.03. The molecule has 1 atom stereocenters. The summed E-state index contributed by atoms with van der Waals surface area (Å²) in [6, 6.07) is 27.8. The minimum absolute atomic E-state index is 0.464. The van der Waals surface area contributed by atoms with Crippen molar-refractivity contribution in [1.82, 2.24) is 15.0 Å². The van der Waals surface area contributed by atoms with Crippen molar-refractivity contribution < 1.29 is 4.42 Å². The molecule has 0 spiro atoms. The van der Waals surface area contributed by atoms with Crippen LogP contribution in [0.2, 0.25) is 0 Å². The van der Waals surface area contributed by atoms with Crippen LogP contribution in [-0.4, -0.2) is 15.0 Å². The van der Waals surface area contributed by atoms with Crippen molar-refractivity contribution in [1.29, 1.82) is 0 Å². The molecule has 3 aromatic heterocycles. The summed E-state index contributed by atoms with van der Waals surface area (Å²) in [7, 11) is 0. The van der Waals surface area contributed by atoms with Gasteiger partial charge in [-0.25, -0.2) is 15.0 Å². The Labute approximate surface area is 264 Å². The van der Waals surface area contributed by atoms with Gasteiger partial charge in [0.15, 0.2) is 17.5 Å². The molecule has 216 valence electrons. The summed E-state index contributed by atoms with van der Waals surface area (Å²) < 4.78 is 8.90. The summed E-state index contributed by atoms with van der Waals surface area (Å²) in [5, 5.41) is 4.52. The van der Waals surface area contributed by atoms with E-state index in [4.69, 9.17) is 19.4 Å². The second kappa shape index (κ2) is 10.5. The van der Waals surface area contributed by atoms with Crippen molar-refractivity contribution in [2.75, 3.05) is 0 Å². The van der Waals surface area contributed by atoms with Crippen molar-refractivity contribution in [2.45, 2.75) is 26.2 Å². The molecular formula is C40H29N3OS. The summed E-state index contributed by atoms with van der Waals surface area (Å²) >= 11 is 1.81. The van der Waals surface area contributed by atoms with Crippen LogP contribution < -0.4 is 0 Å². The fraction of sp³-hybridized carbons (Fsp3) is 0.125. The highest BCUT2D eigenvalue weighted by molar-refractivity contribution is 7.25. The smallest absolute Gasteiger partial charge is 0.164 e. The van der Waals surface area contributed by atoms with Gasteiger partial charge >= 0.3 is 0 Å². The van der Waals surface area contributed by atoms with Crippen molar-refractivity contribution >= 4 is 64.6 Å². The van der Waals surface area contributed by atoms with E-state index >= 15 is 0 Å². The number of nitrogens with zero attached hydrogens (tertiary/aromatic N) is 3. The lowest BCUT2D eigenvalue weighted by molar-refractivity contribution is 0.669. The summed E-state index contributed by atoms with van der Waals surface area (Å²) in [5.41, 5.74) is 7.27. The maximum absolute atomic E-state index is 6.41. The zero-order chi connectivity index (χ0) is 29.9. The van der Waals surface area contributed by atoms with Gasteiger partial charge in [-0.05, 0) is 66.6 Å². The monoisotopic (exact) mass is 599 g/mol. The van der Waals surface area contributed by atoms with Crippen LogP contribution in [-0.2, 0) is 0 Å². The highest BCUT2D eigenvalue weighted by Crippen LogP contribution is 2.41. The minimum atomic E-state index is 0.464. The van der Waals surface area contributed by atoms with Gasteiger partial charge in [0.1, 0.15) is 11.2 Å². The van der Waals surface area contributed by atoms with Gasteiger partial charge in [0.05, 0.1) is 0 Å². The highest BCUT2D eigenvalue weighted by atomic mass is 32.1. The Morgan fingerprint density at radius 1 is 0.711 bits per heavy atom. The normalized spacial score (nSPS) is 16.6. The van der Waals surface area contributed by atoms with E-state index in [-0.39, 0.29) is 0 Å². The van der Waals surface area contributed by atoms with E-state index in [1.54, 1.807) is 11.3 Å². The zero-order valence-corrected chi connectivity index (χ0v) is 25.6. The van der Waals surface area contributed by atoms with Crippen LogP contribution in [0.25, 0.3) is 76.0 Å². The number of rotatable bonds is 4. The maximum Gasteiger partial charge on any atom is 0.164 e. The lowest BCUT2D eigenvalue weighted by atomic mass is 9.87. The number of aromatic nitrogens is 3. The first-order valence-corrected chi connectivity index (χ1v) is 16.4. The van der Waals surface area contributed by atoms with Crippen molar-refractivity contribution in [3.8, 4) is 22.8 Å². The number of thiophene rings is 1. The molecule has 7 aromatic rings. The average Bonchev–Trinajstić information content (AvgIpc) is 3.67. The lowest BCUT2D eigenvalue weighted by Gasteiger charge is -2.17. The molecule has 0 saturated carbocycles. The third kappa shape index (κ3) is 4.38. The van der Waals surface area contributed by atoms with Crippen LogP contribution >= 0.6 is 11.3 Å². The predicted molar refractivity (Wildman–Crippen MR) is 188 cm³/mol. The van der Waals surface area contributed by atoms with Crippen LogP contribution in [0.4, 0.5) is 0 Å². The Morgan fingerprint density at radius 3 is 2.36 bits per heavy atom. The maximum atomic E-state index is 6.41. The fourth-order valence-corrected chi connectivity index (χ4v) is 7.94. The molecule has 0 saturated heterocycles. The van der Waals surface area contributed by atoms with Gasteiger partial charge in [-0.1, -0.05) is 91.9 Å². The lowest BCUT2D eigenvalue weighted by Crippen LogP contribution is -2.03. The Bertz CT molecular complexity index is 2440. The highest BCUT2D eigenvalue weighted by Gasteiger charge is 2.21. The van der Waals surface area contributed by atoms with E-state index < -0.39 is 0 Å². The zero-order valence-electron chi connectivity index (χ0n) is 24.8. The molecule has 0 N–H and O–H groups in total. The van der Waals surface area contributed by atoms with Crippen LogP contribution in [0.1, 0.15) is 37.6 Å². The number of benzene rings is 4. The standard InChI is InChI=1S/C40H29N3OS/c1-24-11-5-6-14-27(24)26-21-22-32-31(23-26)36-29(16-9-18-33(36)44-32)39-41-38(25-12-3-2-4-13-25)42-40(43-39)30-17-10-20-35-37(30)28-15-7-8-19-34(28)45-35/h3,5-10,12-24H,2,4,11H2,1H3. The second-order valence-corrected chi connectivity index (χ2v) is 13.0. The van der Waals surface area contributed by atoms with E-state index in [2.05, 4.69) is 110 Å². The van der Waals surface area contributed by atoms with Crippen molar-refractivity contribution in [3.05, 3.63) is 127 Å². The van der Waals surface area contributed by atoms with Crippen molar-refractivity contribution in [2.24, 2.45) is 5.92 Å². The quantitative estimate of drug-likeness (QED) is 0.202. The largest absolute Gasteiger partial charge is 0.456 e. The van der Waals surface area contributed by atoms with Crippen LogP contribution in [0.3, 0.4) is 0 Å². The number of fused-ring (bicyclic) bond motifs is 6. The molecule has 0 bridgehead atoms. The molecule has 4 aromatic carbocycles. The van der Waals surface area contributed by atoms with E-state index in [1.165, 1.54) is 31.3 Å². The molecule has 9 rings (SSSR count). The van der Waals surface area contributed by atoms with E-state index in [9.17, 15) is 0 Å². The minimum Gasteiger partial charge on any atom is -0.456 e. The van der Waals surface area contributed by atoms with Crippen LogP contribution in [0.15, 0.2) is 120 Å². The number of allylic oxidation sites excluding steroid dienone is 8. The Hall–Kier alpha value is -5.13. The Balaban J connectivity index is 1.30. The molecule has 5 heteroatoms. The fourth-order valence-electron chi connectivity index (χ4n) is 6.81. The molecule has 0 amide bonds. The molecule has 2 aliphatic rings. The molecule has 0 aliphatic heterocycles. The molecule has 4 nitrogen and oxygen atoms in total. The molecule has 3 heterocycles. The number of hydrogen-bond acceptors (Lipinski definition) is 5. The van der Waals surface area contributed by atoms with Gasteiger partial charge in [0.2, 0.25) is 0 Å². The SMILES string of the molecule is CC1CC=CC=C1c1ccc2oc3cccc(-c4nc(C5=CCCC=C5)nc(-c5cccc6sc7ccccc7c56)n4)c3c2c1. The topological polar surface area (TPSA) is 51.8 Å². The van der Waals surface area contributed by atoms with Gasteiger partial charge in [0, 0.05) is 47.6 Å². The van der Waals surface area contributed by atoms with Gasteiger partial charge in [-0.2, -0.15) is 0 Å². The van der Waals surface area contributed by atoms with Crippen LogP contribution in [0, 0.1) is 5.92 Å². The molecule has 2 aliphatic carbocycles. The second-order valence-electron chi connectivity index (χ2n) is 11.9. The molecule has 0 radical (unpaired) electrons. The first kappa shape index (κ1) is 26.3.